The van der Waals surface area contributed by atoms with Gasteiger partial charge in [-0.25, -0.2) is 4.79 Å². The molecule has 1 heterocycles. The molecule has 0 spiro atoms. The first-order valence-electron chi connectivity index (χ1n) is 5.87. The lowest BCUT2D eigenvalue weighted by molar-refractivity contribution is 0.555. The second-order valence-electron chi connectivity index (χ2n) is 4.57. The number of hydrogen-bond donors (Lipinski definition) is 3. The Balaban J connectivity index is 1.87. The number of H-pyrrole nitrogens is 1. The van der Waals surface area contributed by atoms with Gasteiger partial charge in [-0.3, -0.25) is 4.98 Å². The molecule has 3 rings (SSSR count). The normalized spacial score (nSPS) is 24.3. The molecule has 90 valence electrons. The molecule has 5 heteroatoms. The van der Waals surface area contributed by atoms with Gasteiger partial charge in [0.1, 0.15) is 0 Å². The van der Waals surface area contributed by atoms with E-state index in [1.54, 1.807) is 6.07 Å². The van der Waals surface area contributed by atoms with E-state index >= 15 is 0 Å². The summed E-state index contributed by atoms with van der Waals surface area (Å²) in [5, 5.41) is 3.40. The molecule has 0 radical (unpaired) electrons. The summed E-state index contributed by atoms with van der Waals surface area (Å²) in [7, 11) is 0. The van der Waals surface area contributed by atoms with Crippen molar-refractivity contribution in [1.29, 1.82) is 0 Å². The highest BCUT2D eigenvalue weighted by Crippen LogP contribution is 2.23. The number of aromatic amines is 1. The summed E-state index contributed by atoms with van der Waals surface area (Å²) in [4.78, 5) is 13.7. The number of benzene rings is 1. The molecule has 0 amide bonds. The zero-order chi connectivity index (χ0) is 11.8. The van der Waals surface area contributed by atoms with Crippen LogP contribution in [0.2, 0.25) is 0 Å². The number of nitrogens with two attached hydrogens (primary N) is 1. The van der Waals surface area contributed by atoms with Crippen LogP contribution in [0.1, 0.15) is 19.3 Å². The Morgan fingerprint density at radius 2 is 2.29 bits per heavy atom. The number of aromatic nitrogens is 1. The highest BCUT2D eigenvalue weighted by Gasteiger charge is 2.23. The molecule has 1 saturated carbocycles. The van der Waals surface area contributed by atoms with Gasteiger partial charge in [-0.1, -0.05) is 0 Å². The zero-order valence-corrected chi connectivity index (χ0v) is 9.40. The molecule has 1 fully saturated rings. The van der Waals surface area contributed by atoms with E-state index in [0.717, 1.165) is 18.5 Å². The summed E-state index contributed by atoms with van der Waals surface area (Å²) in [6, 6.07) is 6.12. The summed E-state index contributed by atoms with van der Waals surface area (Å²) >= 11 is 0. The summed E-state index contributed by atoms with van der Waals surface area (Å²) in [5.74, 6) is -0.422. The Hall–Kier alpha value is -1.75. The minimum Gasteiger partial charge on any atom is -0.408 e. The third kappa shape index (κ3) is 1.93. The molecule has 5 nitrogen and oxygen atoms in total. The molecule has 1 aliphatic carbocycles. The molecule has 0 aliphatic heterocycles. The molecule has 0 saturated heterocycles. The average Bonchev–Trinajstić information content (AvgIpc) is 2.84. The van der Waals surface area contributed by atoms with Gasteiger partial charge in [-0.15, -0.1) is 0 Å². The maximum atomic E-state index is 11.0. The van der Waals surface area contributed by atoms with E-state index in [1.165, 1.54) is 6.42 Å². The molecule has 17 heavy (non-hydrogen) atoms. The Morgan fingerprint density at radius 3 is 3.06 bits per heavy atom. The lowest BCUT2D eigenvalue weighted by atomic mass is 10.1. The Bertz CT molecular complexity index is 587. The average molecular weight is 233 g/mol. The quantitative estimate of drug-likeness (QED) is 0.732. The van der Waals surface area contributed by atoms with E-state index in [2.05, 4.69) is 10.3 Å². The Kier molecular flexibility index (Phi) is 2.40. The van der Waals surface area contributed by atoms with Crippen LogP contribution < -0.4 is 16.8 Å². The maximum absolute atomic E-state index is 11.0. The summed E-state index contributed by atoms with van der Waals surface area (Å²) in [5.41, 5.74) is 8.27. The molecule has 4 N–H and O–H groups in total. The Morgan fingerprint density at radius 1 is 1.41 bits per heavy atom. The van der Waals surface area contributed by atoms with Crippen LogP contribution in [0.15, 0.2) is 27.4 Å². The predicted molar refractivity (Wildman–Crippen MR) is 66.1 cm³/mol. The van der Waals surface area contributed by atoms with Gasteiger partial charge in [0.25, 0.3) is 0 Å². The largest absolute Gasteiger partial charge is 0.417 e. The molecule has 1 aliphatic rings. The molecule has 2 atom stereocenters. The van der Waals surface area contributed by atoms with Crippen LogP contribution >= 0.6 is 0 Å². The summed E-state index contributed by atoms with van der Waals surface area (Å²) < 4.78 is 4.95. The summed E-state index contributed by atoms with van der Waals surface area (Å²) in [6.07, 6.45) is 3.34. The lowest BCUT2D eigenvalue weighted by Crippen LogP contribution is -2.35. The molecular weight excluding hydrogens is 218 g/mol. The van der Waals surface area contributed by atoms with Gasteiger partial charge in [0.15, 0.2) is 5.58 Å². The standard InChI is InChI=1S/C12H15N3O2/c13-8-2-1-3-9(8)14-7-4-5-11-10(6-7)15-12(16)17-11/h4-6,8-9,14H,1-3,13H2,(H,15,16). The first-order chi connectivity index (χ1) is 8.22. The van der Waals surface area contributed by atoms with Crippen LogP contribution in [-0.2, 0) is 0 Å². The third-order valence-corrected chi connectivity index (χ3v) is 3.34. The Labute approximate surface area is 98.0 Å². The third-order valence-electron chi connectivity index (χ3n) is 3.34. The van der Waals surface area contributed by atoms with E-state index in [-0.39, 0.29) is 6.04 Å². The van der Waals surface area contributed by atoms with Crippen molar-refractivity contribution in [2.45, 2.75) is 31.3 Å². The SMILES string of the molecule is NC1CCCC1Nc1ccc2oc(=O)[nH]c2c1. The van der Waals surface area contributed by atoms with Crippen LogP contribution in [0.25, 0.3) is 11.1 Å². The van der Waals surface area contributed by atoms with Crippen LogP contribution in [-0.4, -0.2) is 17.1 Å². The lowest BCUT2D eigenvalue weighted by Gasteiger charge is -2.18. The van der Waals surface area contributed by atoms with Crippen molar-refractivity contribution < 1.29 is 4.42 Å². The van der Waals surface area contributed by atoms with Crippen molar-refractivity contribution >= 4 is 16.8 Å². The first-order valence-corrected chi connectivity index (χ1v) is 5.87. The number of rotatable bonds is 2. The monoisotopic (exact) mass is 233 g/mol. The topological polar surface area (TPSA) is 84.0 Å². The fraction of sp³-hybridized carbons (Fsp3) is 0.417. The number of oxazole rings is 1. The van der Waals surface area contributed by atoms with Gasteiger partial charge in [0.2, 0.25) is 0 Å². The smallest absolute Gasteiger partial charge is 0.408 e. The van der Waals surface area contributed by atoms with Gasteiger partial charge < -0.3 is 15.5 Å². The molecule has 2 unspecified atom stereocenters. The van der Waals surface area contributed by atoms with Crippen LogP contribution in [0.5, 0.6) is 0 Å². The van der Waals surface area contributed by atoms with E-state index < -0.39 is 5.76 Å². The van der Waals surface area contributed by atoms with E-state index in [9.17, 15) is 4.79 Å². The first kappa shape index (κ1) is 10.4. The molecule has 2 aromatic rings. The number of fused-ring (bicyclic) bond motifs is 1. The van der Waals surface area contributed by atoms with Gasteiger partial charge >= 0.3 is 5.76 Å². The van der Waals surface area contributed by atoms with Crippen LogP contribution in [0.4, 0.5) is 5.69 Å². The van der Waals surface area contributed by atoms with E-state index in [4.69, 9.17) is 10.2 Å². The second kappa shape index (κ2) is 3.92. The predicted octanol–water partition coefficient (Wildman–Crippen LogP) is 1.41. The van der Waals surface area contributed by atoms with Crippen LogP contribution in [0, 0.1) is 0 Å². The fourth-order valence-electron chi connectivity index (χ4n) is 2.42. The van der Waals surface area contributed by atoms with Crippen molar-refractivity contribution in [1.82, 2.24) is 4.98 Å². The molecule has 1 aromatic heterocycles. The highest BCUT2D eigenvalue weighted by molar-refractivity contribution is 5.76. The zero-order valence-electron chi connectivity index (χ0n) is 9.40. The van der Waals surface area contributed by atoms with Gasteiger partial charge in [-0.2, -0.15) is 0 Å². The van der Waals surface area contributed by atoms with Crippen molar-refractivity contribution in [3.05, 3.63) is 28.7 Å². The molecule has 1 aromatic carbocycles. The maximum Gasteiger partial charge on any atom is 0.417 e. The van der Waals surface area contributed by atoms with Crippen molar-refractivity contribution in [2.24, 2.45) is 5.73 Å². The molecule has 0 bridgehead atoms. The van der Waals surface area contributed by atoms with Gasteiger partial charge in [0.05, 0.1) is 5.52 Å². The number of nitrogens with one attached hydrogen (secondary N) is 2. The fourth-order valence-corrected chi connectivity index (χ4v) is 2.42. The molecular formula is C12H15N3O2. The number of hydrogen-bond acceptors (Lipinski definition) is 4. The second-order valence-corrected chi connectivity index (χ2v) is 4.57. The van der Waals surface area contributed by atoms with E-state index in [1.807, 2.05) is 12.1 Å². The minimum atomic E-state index is -0.422. The highest BCUT2D eigenvalue weighted by atomic mass is 16.4. The summed E-state index contributed by atoms with van der Waals surface area (Å²) in [6.45, 7) is 0. The van der Waals surface area contributed by atoms with Crippen molar-refractivity contribution in [2.75, 3.05) is 5.32 Å². The van der Waals surface area contributed by atoms with Crippen LogP contribution in [0.3, 0.4) is 0 Å². The van der Waals surface area contributed by atoms with Gasteiger partial charge in [-0.05, 0) is 37.5 Å². The van der Waals surface area contributed by atoms with E-state index in [0.29, 0.717) is 17.1 Å². The number of anilines is 1. The van der Waals surface area contributed by atoms with Gasteiger partial charge in [0, 0.05) is 17.8 Å². The minimum absolute atomic E-state index is 0.217. The van der Waals surface area contributed by atoms with Crippen molar-refractivity contribution in [3.8, 4) is 0 Å². The van der Waals surface area contributed by atoms with Crippen molar-refractivity contribution in [3.63, 3.8) is 0 Å².